The molecule has 132 valence electrons. The molecule has 25 heavy (non-hydrogen) atoms. The van der Waals surface area contributed by atoms with Crippen molar-refractivity contribution in [3.05, 3.63) is 17.7 Å². The van der Waals surface area contributed by atoms with Crippen molar-refractivity contribution in [3.63, 3.8) is 0 Å². The molecule has 4 heterocycles. The Labute approximate surface area is 149 Å². The fraction of sp³-hybridized carbons (Fsp3) is 0.529. The molecule has 0 aliphatic carbocycles. The summed E-state index contributed by atoms with van der Waals surface area (Å²) in [7, 11) is 0. The number of rotatable bonds is 3. The minimum Gasteiger partial charge on any atom is -0.493 e. The van der Waals surface area contributed by atoms with Crippen LogP contribution in [0.15, 0.2) is 12.1 Å². The van der Waals surface area contributed by atoms with Gasteiger partial charge < -0.3 is 14.8 Å². The summed E-state index contributed by atoms with van der Waals surface area (Å²) < 4.78 is 12.2. The normalized spacial score (nSPS) is 23.8. The number of amides is 2. The molecule has 2 amide bonds. The second-order valence-electron chi connectivity index (χ2n) is 6.61. The standard InChI is InChI=1S/C17H20N4O3S/c22-16-18-9-11(10-20-4-7-23-8-5-20)21(16)17-19-15-12-3-6-24-13(12)1-2-14(15)25-17/h1-2,11H,3-10H2,(H,18,22). The van der Waals surface area contributed by atoms with Crippen LogP contribution in [0.4, 0.5) is 9.93 Å². The third kappa shape index (κ3) is 2.65. The smallest absolute Gasteiger partial charge is 0.324 e. The van der Waals surface area contributed by atoms with Gasteiger partial charge in [0.2, 0.25) is 0 Å². The number of urea groups is 1. The van der Waals surface area contributed by atoms with Gasteiger partial charge in [-0.25, -0.2) is 9.78 Å². The van der Waals surface area contributed by atoms with Crippen LogP contribution in [0, 0.1) is 0 Å². The Morgan fingerprint density at radius 2 is 2.16 bits per heavy atom. The van der Waals surface area contributed by atoms with Crippen LogP contribution in [-0.4, -0.2) is 68.0 Å². The molecule has 2 fully saturated rings. The van der Waals surface area contributed by atoms with E-state index in [1.54, 1.807) is 11.3 Å². The van der Waals surface area contributed by atoms with Crippen molar-refractivity contribution in [2.75, 3.05) is 50.9 Å². The van der Waals surface area contributed by atoms with Crippen molar-refractivity contribution in [2.45, 2.75) is 12.5 Å². The van der Waals surface area contributed by atoms with Gasteiger partial charge in [-0.2, -0.15) is 0 Å². The van der Waals surface area contributed by atoms with Crippen LogP contribution in [-0.2, 0) is 11.2 Å². The van der Waals surface area contributed by atoms with Crippen molar-refractivity contribution < 1.29 is 14.3 Å². The maximum atomic E-state index is 12.5. The third-order valence-electron chi connectivity index (χ3n) is 5.07. The predicted octanol–water partition coefficient (Wildman–Crippen LogP) is 1.46. The Hall–Kier alpha value is -1.90. The molecule has 8 heteroatoms. The summed E-state index contributed by atoms with van der Waals surface area (Å²) in [4.78, 5) is 21.5. The number of hydrogen-bond acceptors (Lipinski definition) is 6. The molecule has 2 aromatic rings. The van der Waals surface area contributed by atoms with Crippen molar-refractivity contribution >= 4 is 32.7 Å². The second-order valence-corrected chi connectivity index (χ2v) is 7.62. The second kappa shape index (κ2) is 6.12. The van der Waals surface area contributed by atoms with Crippen molar-refractivity contribution in [1.82, 2.24) is 15.2 Å². The number of carbonyl (C=O) groups excluding carboxylic acids is 1. The summed E-state index contributed by atoms with van der Waals surface area (Å²) >= 11 is 1.59. The zero-order valence-electron chi connectivity index (χ0n) is 13.9. The van der Waals surface area contributed by atoms with Gasteiger partial charge in [-0.3, -0.25) is 9.80 Å². The molecule has 1 aromatic heterocycles. The van der Waals surface area contributed by atoms with Crippen LogP contribution < -0.4 is 15.0 Å². The number of anilines is 1. The highest BCUT2D eigenvalue weighted by atomic mass is 32.1. The van der Waals surface area contributed by atoms with Crippen LogP contribution >= 0.6 is 11.3 Å². The molecule has 1 N–H and O–H groups in total. The summed E-state index contributed by atoms with van der Waals surface area (Å²) in [6, 6.07) is 4.12. The van der Waals surface area contributed by atoms with E-state index in [0.29, 0.717) is 13.2 Å². The molecule has 0 radical (unpaired) electrons. The molecule has 1 atom stereocenters. The number of hydrogen-bond donors (Lipinski definition) is 1. The van der Waals surface area contributed by atoms with Gasteiger partial charge in [0, 0.05) is 38.2 Å². The fourth-order valence-electron chi connectivity index (χ4n) is 3.78. The van der Waals surface area contributed by atoms with Crippen molar-refractivity contribution in [1.29, 1.82) is 0 Å². The fourth-order valence-corrected chi connectivity index (χ4v) is 4.84. The van der Waals surface area contributed by atoms with Crippen molar-refractivity contribution in [3.8, 4) is 5.75 Å². The number of nitrogens with one attached hydrogen (secondary N) is 1. The zero-order valence-corrected chi connectivity index (χ0v) is 14.7. The molecular weight excluding hydrogens is 340 g/mol. The Morgan fingerprint density at radius 3 is 3.04 bits per heavy atom. The van der Waals surface area contributed by atoms with E-state index in [2.05, 4.69) is 10.2 Å². The highest BCUT2D eigenvalue weighted by Crippen LogP contribution is 2.38. The molecule has 3 aliphatic rings. The monoisotopic (exact) mass is 360 g/mol. The number of nitrogens with zero attached hydrogens (tertiary/aromatic N) is 3. The maximum Gasteiger partial charge on any atom is 0.324 e. The number of ether oxygens (including phenoxy) is 2. The molecule has 3 aliphatic heterocycles. The first kappa shape index (κ1) is 15.4. The number of carbonyl (C=O) groups is 1. The number of morpholine rings is 1. The number of fused-ring (bicyclic) bond motifs is 3. The van der Waals surface area contributed by atoms with E-state index >= 15 is 0 Å². The van der Waals surface area contributed by atoms with E-state index in [4.69, 9.17) is 14.5 Å². The topological polar surface area (TPSA) is 66.9 Å². The van der Waals surface area contributed by atoms with Gasteiger partial charge in [0.15, 0.2) is 5.13 Å². The predicted molar refractivity (Wildman–Crippen MR) is 95.7 cm³/mol. The highest BCUT2D eigenvalue weighted by molar-refractivity contribution is 7.22. The molecular formula is C17H20N4O3S. The first-order valence-electron chi connectivity index (χ1n) is 8.72. The molecule has 1 aromatic carbocycles. The lowest BCUT2D eigenvalue weighted by Crippen LogP contribution is -2.46. The van der Waals surface area contributed by atoms with Crippen LogP contribution in [0.25, 0.3) is 10.2 Å². The van der Waals surface area contributed by atoms with Crippen LogP contribution in [0.1, 0.15) is 5.56 Å². The summed E-state index contributed by atoms with van der Waals surface area (Å²) in [6.07, 6.45) is 0.888. The molecule has 0 spiro atoms. The molecule has 2 saturated heterocycles. The quantitative estimate of drug-likeness (QED) is 0.898. The van der Waals surface area contributed by atoms with E-state index in [-0.39, 0.29) is 12.1 Å². The molecule has 0 bridgehead atoms. The summed E-state index contributed by atoms with van der Waals surface area (Å²) in [5, 5.41) is 3.76. The van der Waals surface area contributed by atoms with Crippen LogP contribution in [0.2, 0.25) is 0 Å². The summed E-state index contributed by atoms with van der Waals surface area (Å²) in [5.41, 5.74) is 2.16. The van der Waals surface area contributed by atoms with Gasteiger partial charge >= 0.3 is 6.03 Å². The Kier molecular flexibility index (Phi) is 3.76. The van der Waals surface area contributed by atoms with E-state index < -0.39 is 0 Å². The largest absolute Gasteiger partial charge is 0.493 e. The average Bonchev–Trinajstić information content (AvgIpc) is 3.33. The van der Waals surface area contributed by atoms with Crippen LogP contribution in [0.5, 0.6) is 5.75 Å². The molecule has 0 saturated carbocycles. The average molecular weight is 360 g/mol. The number of benzene rings is 1. The van der Waals surface area contributed by atoms with Gasteiger partial charge in [-0.05, 0) is 12.1 Å². The van der Waals surface area contributed by atoms with Crippen LogP contribution in [0.3, 0.4) is 0 Å². The Balaban J connectivity index is 1.45. The van der Waals surface area contributed by atoms with E-state index in [1.807, 2.05) is 17.0 Å². The number of aromatic nitrogens is 1. The van der Waals surface area contributed by atoms with E-state index in [1.165, 1.54) is 5.56 Å². The summed E-state index contributed by atoms with van der Waals surface area (Å²) in [5.74, 6) is 0.931. The Morgan fingerprint density at radius 1 is 1.28 bits per heavy atom. The molecule has 7 nitrogen and oxygen atoms in total. The highest BCUT2D eigenvalue weighted by Gasteiger charge is 2.36. The van der Waals surface area contributed by atoms with E-state index in [0.717, 1.165) is 60.4 Å². The maximum absolute atomic E-state index is 12.5. The minimum absolute atomic E-state index is 0.0507. The summed E-state index contributed by atoms with van der Waals surface area (Å²) in [6.45, 7) is 5.59. The van der Waals surface area contributed by atoms with Gasteiger partial charge in [0.1, 0.15) is 5.75 Å². The van der Waals surface area contributed by atoms with Crippen molar-refractivity contribution in [2.24, 2.45) is 0 Å². The lowest BCUT2D eigenvalue weighted by molar-refractivity contribution is 0.0360. The zero-order chi connectivity index (χ0) is 16.8. The molecule has 5 rings (SSSR count). The van der Waals surface area contributed by atoms with Gasteiger partial charge in [0.05, 0.1) is 36.1 Å². The third-order valence-corrected chi connectivity index (χ3v) is 6.09. The lowest BCUT2D eigenvalue weighted by Gasteiger charge is -2.31. The minimum atomic E-state index is -0.0507. The first-order valence-corrected chi connectivity index (χ1v) is 9.53. The van der Waals surface area contributed by atoms with Gasteiger partial charge in [-0.1, -0.05) is 11.3 Å². The first-order chi connectivity index (χ1) is 12.3. The van der Waals surface area contributed by atoms with Gasteiger partial charge in [-0.15, -0.1) is 0 Å². The molecule has 1 unspecified atom stereocenters. The Bertz CT molecular complexity index is 818. The lowest BCUT2D eigenvalue weighted by atomic mass is 10.1. The SMILES string of the molecule is O=C1NCC(CN2CCOCC2)N1c1nc2c3c(ccc2s1)OCC3. The van der Waals surface area contributed by atoms with E-state index in [9.17, 15) is 4.79 Å². The number of thiazole rings is 1. The van der Waals surface area contributed by atoms with Gasteiger partial charge in [0.25, 0.3) is 0 Å².